The summed E-state index contributed by atoms with van der Waals surface area (Å²) in [4.78, 5) is 22.3. The molecule has 1 aliphatic carbocycles. The summed E-state index contributed by atoms with van der Waals surface area (Å²) >= 11 is 0. The van der Waals surface area contributed by atoms with E-state index in [-0.39, 0.29) is 73.4 Å². The number of aromatic hydroxyl groups is 2. The lowest BCUT2D eigenvalue weighted by atomic mass is 9.91. The number of H-pyrrole nitrogens is 2. The third kappa shape index (κ3) is 13.1. The molecule has 0 amide bonds. The van der Waals surface area contributed by atoms with Gasteiger partial charge in [-0.05, 0) is 134 Å². The smallest absolute Gasteiger partial charge is 0.269 e. The minimum atomic E-state index is -0.467. The van der Waals surface area contributed by atoms with Crippen LogP contribution in [-0.2, 0) is 38.9 Å². The van der Waals surface area contributed by atoms with Gasteiger partial charge in [0.05, 0.1) is 44.0 Å². The van der Waals surface area contributed by atoms with Crippen molar-refractivity contribution in [3.05, 3.63) is 256 Å². The SMILES string of the molecule is Cc1ccc(N=Nc2c(N=Nc3cc4c(O)c(c3)Cc3cccc(c3OCc3ccc([N+](=O)[O-])cc3)Cc3cc(N=Nc5n[nH]c(C)c5N=Nc5ccc(C)cc5)cc(c3O)Cc3cccc(c3OCc3ccc([N+](=O)[O-])cc3)C4)n[nH]c2C)cc1. The summed E-state index contributed by atoms with van der Waals surface area (Å²) < 4.78 is 13.5. The number of nitrogens with one attached hydrogen (secondary N) is 2. The highest BCUT2D eigenvalue weighted by molar-refractivity contribution is 5.64. The third-order valence-electron chi connectivity index (χ3n) is 14.4. The molecule has 0 atom stereocenters. The number of phenols is 2. The average Bonchev–Trinajstić information content (AvgIpc) is 2.44. The predicted octanol–water partition coefficient (Wildman–Crippen LogP) is 17.1. The van der Waals surface area contributed by atoms with E-state index in [4.69, 9.17) is 19.7 Å². The van der Waals surface area contributed by atoms with Crippen LogP contribution in [0.4, 0.5) is 57.1 Å². The number of rotatable bonds is 16. The lowest BCUT2D eigenvalue weighted by Crippen LogP contribution is -2.06. The highest BCUT2D eigenvalue weighted by atomic mass is 16.6. The maximum Gasteiger partial charge on any atom is 0.269 e. The number of para-hydroxylation sites is 2. The van der Waals surface area contributed by atoms with E-state index < -0.39 is 9.85 Å². The molecular formula is C64H54N14O8. The van der Waals surface area contributed by atoms with E-state index in [1.807, 2.05) is 98.8 Å². The number of ether oxygens (including phenoxy) is 2. The molecule has 10 aromatic rings. The molecule has 428 valence electrons. The lowest BCUT2D eigenvalue weighted by Gasteiger charge is -2.21. The van der Waals surface area contributed by atoms with Crippen LogP contribution >= 0.6 is 0 Å². The molecule has 11 rings (SSSR count). The van der Waals surface area contributed by atoms with Crippen LogP contribution in [0.1, 0.15) is 78.1 Å². The van der Waals surface area contributed by atoms with Gasteiger partial charge in [0.1, 0.15) is 36.2 Å². The number of hydrogen-bond donors (Lipinski definition) is 4. The molecule has 0 saturated heterocycles. The molecular weight excluding hydrogens is 1090 g/mol. The Bertz CT molecular complexity index is 3940. The number of azo groups is 4. The Kier molecular flexibility index (Phi) is 16.4. The number of fused-ring (bicyclic) bond motifs is 8. The average molecular weight is 1150 g/mol. The van der Waals surface area contributed by atoms with Crippen LogP contribution in [-0.4, -0.2) is 40.5 Å². The van der Waals surface area contributed by atoms with Crippen LogP contribution in [0.3, 0.4) is 0 Å². The summed E-state index contributed by atoms with van der Waals surface area (Å²) in [5, 5.41) is 99.3. The molecule has 0 radical (unpaired) electrons. The number of aromatic nitrogens is 4. The van der Waals surface area contributed by atoms with Gasteiger partial charge in [-0.1, -0.05) is 71.8 Å². The molecule has 4 N–H and O–H groups in total. The Morgan fingerprint density at radius 1 is 0.430 bits per heavy atom. The van der Waals surface area contributed by atoms with E-state index in [2.05, 4.69) is 51.1 Å². The zero-order valence-corrected chi connectivity index (χ0v) is 47.0. The van der Waals surface area contributed by atoms with Crippen molar-refractivity contribution in [1.29, 1.82) is 0 Å². The molecule has 0 spiro atoms. The highest BCUT2D eigenvalue weighted by Gasteiger charge is 2.23. The molecule has 22 nitrogen and oxygen atoms in total. The fourth-order valence-electron chi connectivity index (χ4n) is 9.75. The van der Waals surface area contributed by atoms with Crippen molar-refractivity contribution < 1.29 is 29.5 Å². The molecule has 22 heteroatoms. The van der Waals surface area contributed by atoms with Gasteiger partial charge in [0.15, 0.2) is 11.4 Å². The van der Waals surface area contributed by atoms with Crippen molar-refractivity contribution in [2.45, 2.75) is 66.6 Å². The van der Waals surface area contributed by atoms with Crippen LogP contribution in [0.2, 0.25) is 0 Å². The number of aromatic amines is 2. The van der Waals surface area contributed by atoms with Crippen LogP contribution in [0, 0.1) is 47.9 Å². The van der Waals surface area contributed by atoms with E-state index >= 15 is 0 Å². The maximum atomic E-state index is 12.5. The first-order chi connectivity index (χ1) is 41.7. The number of aryl methyl sites for hydroxylation is 4. The number of benzene rings is 8. The number of nitro groups is 2. The van der Waals surface area contributed by atoms with Gasteiger partial charge in [-0.3, -0.25) is 30.4 Å². The Hall–Kier alpha value is -11.4. The van der Waals surface area contributed by atoms with Crippen molar-refractivity contribution >= 4 is 57.1 Å². The van der Waals surface area contributed by atoms with Gasteiger partial charge in [-0.2, -0.15) is 20.4 Å². The molecule has 0 aliphatic heterocycles. The number of nitro benzene ring substituents is 2. The molecule has 2 aromatic heterocycles. The first-order valence-electron chi connectivity index (χ1n) is 27.2. The predicted molar refractivity (Wildman–Crippen MR) is 321 cm³/mol. The number of nitrogens with zero attached hydrogens (tertiary/aromatic N) is 12. The van der Waals surface area contributed by atoms with Gasteiger partial charge >= 0.3 is 0 Å². The highest BCUT2D eigenvalue weighted by Crippen LogP contribution is 2.43. The fourth-order valence-corrected chi connectivity index (χ4v) is 9.75. The van der Waals surface area contributed by atoms with Gasteiger partial charge < -0.3 is 19.7 Å². The van der Waals surface area contributed by atoms with Crippen LogP contribution in [0.25, 0.3) is 0 Å². The molecule has 2 heterocycles. The third-order valence-corrected chi connectivity index (χ3v) is 14.4. The summed E-state index contributed by atoms with van der Waals surface area (Å²) in [6.07, 6.45) is 0.408. The van der Waals surface area contributed by atoms with Crippen molar-refractivity contribution in [3.8, 4) is 23.0 Å². The molecule has 1 aliphatic rings. The number of hydrogen-bond acceptors (Lipinski definition) is 18. The summed E-state index contributed by atoms with van der Waals surface area (Å²) in [6, 6.07) is 45.6. The van der Waals surface area contributed by atoms with E-state index in [0.717, 1.165) is 11.1 Å². The Morgan fingerprint density at radius 3 is 1.08 bits per heavy atom. The van der Waals surface area contributed by atoms with Crippen molar-refractivity contribution in [1.82, 2.24) is 20.4 Å². The minimum absolute atomic E-state index is 0.00953. The molecule has 8 aromatic carbocycles. The quantitative estimate of drug-likeness (QED) is 0.0403. The number of phenolic OH excluding ortho intramolecular Hbond substituents is 2. The molecule has 0 fully saturated rings. The number of non-ortho nitro benzene ring substituents is 2. The zero-order chi connectivity index (χ0) is 59.8. The molecule has 8 bridgehead atoms. The normalized spacial score (nSPS) is 12.4. The van der Waals surface area contributed by atoms with Crippen LogP contribution in [0.15, 0.2) is 199 Å². The van der Waals surface area contributed by atoms with Gasteiger partial charge in [0.2, 0.25) is 11.6 Å². The molecule has 86 heavy (non-hydrogen) atoms. The molecule has 0 saturated carbocycles. The topological polar surface area (TPSA) is 301 Å². The van der Waals surface area contributed by atoms with E-state index in [1.165, 1.54) is 24.3 Å². The van der Waals surface area contributed by atoms with Crippen LogP contribution in [0.5, 0.6) is 23.0 Å². The monoisotopic (exact) mass is 1150 g/mol. The summed E-state index contributed by atoms with van der Waals surface area (Å²) in [7, 11) is 0. The Morgan fingerprint density at radius 2 is 0.756 bits per heavy atom. The second kappa shape index (κ2) is 25.0. The minimum Gasteiger partial charge on any atom is -0.507 e. The van der Waals surface area contributed by atoms with Crippen molar-refractivity contribution in [3.63, 3.8) is 0 Å². The second-order valence-corrected chi connectivity index (χ2v) is 20.7. The van der Waals surface area contributed by atoms with Gasteiger partial charge in [-0.25, -0.2) is 0 Å². The summed E-state index contributed by atoms with van der Waals surface area (Å²) in [6.45, 7) is 7.60. The van der Waals surface area contributed by atoms with Gasteiger partial charge in [-0.15, -0.1) is 30.7 Å². The largest absolute Gasteiger partial charge is 0.507 e. The van der Waals surface area contributed by atoms with Crippen molar-refractivity contribution in [2.24, 2.45) is 40.9 Å². The second-order valence-electron chi connectivity index (χ2n) is 20.7. The zero-order valence-electron chi connectivity index (χ0n) is 47.0. The Balaban J connectivity index is 1.04. The first-order valence-corrected chi connectivity index (χ1v) is 27.2. The molecule has 0 unspecified atom stereocenters. The fraction of sp³-hybridized carbons (Fsp3) is 0.156. The van der Waals surface area contributed by atoms with Gasteiger partial charge in [0.25, 0.3) is 11.4 Å². The summed E-state index contributed by atoms with van der Waals surface area (Å²) in [5.41, 5.74) is 11.8. The van der Waals surface area contributed by atoms with E-state index in [1.54, 1.807) is 62.4 Å². The van der Waals surface area contributed by atoms with Gasteiger partial charge in [0, 0.05) is 72.2 Å². The lowest BCUT2D eigenvalue weighted by molar-refractivity contribution is -0.385. The first kappa shape index (κ1) is 56.4. The standard InChI is InChI=1S/C64H54N14O8/c1-37-11-19-51(20-12-37)67-71-57-39(3)65-73-63(57)75-69-53-31-47-27-43-7-5-9-45(61(43)85-35-41-15-23-55(24-16-41)77(81)82)29-49-33-54(70-76-64-58(40(4)66-74-64)72-68-52-21-13-38(2)14-22-52)34-50(60(49)80)30-46-10-6-8-44(28-48(32-53)59(47)79)62(46)86-36-42-17-25-56(26-18-42)78(83)84/h5-26,31-34,79-80H,27-30,35-36H2,1-4H3,(H,65,73)(H,66,74). The van der Waals surface area contributed by atoms with Crippen LogP contribution < -0.4 is 9.47 Å². The summed E-state index contributed by atoms with van der Waals surface area (Å²) in [5.74, 6) is 1.20. The van der Waals surface area contributed by atoms with E-state index in [9.17, 15) is 30.4 Å². The van der Waals surface area contributed by atoms with E-state index in [0.29, 0.717) is 113 Å². The van der Waals surface area contributed by atoms with Crippen molar-refractivity contribution in [2.75, 3.05) is 0 Å². The maximum absolute atomic E-state index is 12.5. The Labute approximate surface area is 491 Å².